The van der Waals surface area contributed by atoms with E-state index in [1.807, 2.05) is 72.5 Å². The third-order valence-electron chi connectivity index (χ3n) is 4.28. The topological polar surface area (TPSA) is 45.2 Å². The Bertz CT molecular complexity index is 882. The van der Waals surface area contributed by atoms with Crippen molar-refractivity contribution in [2.24, 2.45) is 0 Å². The number of hydrogen-bond acceptors (Lipinski definition) is 3. The quantitative estimate of drug-likeness (QED) is 0.627. The number of nitrogens with zero attached hydrogens (tertiary/aromatic N) is 2. The Morgan fingerprint density at radius 2 is 1.78 bits per heavy atom. The third-order valence-corrected chi connectivity index (χ3v) is 4.53. The molecule has 0 saturated carbocycles. The average Bonchev–Trinajstić information content (AvgIpc) is 2.72. The van der Waals surface area contributed by atoms with Crippen LogP contribution >= 0.6 is 11.6 Å². The molecule has 0 radical (unpaired) electrons. The summed E-state index contributed by atoms with van der Waals surface area (Å²) in [6.07, 6.45) is 3.34. The second-order valence-electron chi connectivity index (χ2n) is 6.25. The van der Waals surface area contributed by atoms with Crippen LogP contribution in [0.3, 0.4) is 0 Å². The summed E-state index contributed by atoms with van der Waals surface area (Å²) < 4.78 is 0. The lowest BCUT2D eigenvalue weighted by Crippen LogP contribution is -2.30. The van der Waals surface area contributed by atoms with Crippen LogP contribution in [0.5, 0.6) is 0 Å². The van der Waals surface area contributed by atoms with Gasteiger partial charge in [-0.15, -0.1) is 0 Å². The first-order chi connectivity index (χ1) is 13.2. The third kappa shape index (κ3) is 5.31. The Morgan fingerprint density at radius 3 is 2.48 bits per heavy atom. The number of halogens is 1. The molecule has 1 amide bonds. The van der Waals surface area contributed by atoms with E-state index in [9.17, 15) is 4.79 Å². The average molecular weight is 380 g/mol. The Hall–Kier alpha value is -2.85. The first kappa shape index (κ1) is 18.9. The number of nitrogens with one attached hydrogen (secondary N) is 1. The molecule has 138 valence electrons. The fourth-order valence-corrected chi connectivity index (χ4v) is 2.90. The molecule has 1 heterocycles. The number of benzene rings is 2. The van der Waals surface area contributed by atoms with E-state index in [1.54, 1.807) is 12.4 Å². The predicted octanol–water partition coefficient (Wildman–Crippen LogP) is 5.01. The largest absolute Gasteiger partial charge is 0.380 e. The van der Waals surface area contributed by atoms with E-state index in [0.29, 0.717) is 30.2 Å². The molecule has 3 rings (SSSR count). The number of pyridine rings is 1. The molecular formula is C22H22ClN3O. The minimum atomic E-state index is -0.0241. The predicted molar refractivity (Wildman–Crippen MR) is 110 cm³/mol. The summed E-state index contributed by atoms with van der Waals surface area (Å²) >= 11 is 5.91. The summed E-state index contributed by atoms with van der Waals surface area (Å²) in [5.41, 5.74) is 3.61. The van der Waals surface area contributed by atoms with Gasteiger partial charge in [-0.1, -0.05) is 54.1 Å². The van der Waals surface area contributed by atoms with Crippen LogP contribution in [0.2, 0.25) is 5.02 Å². The summed E-state index contributed by atoms with van der Waals surface area (Å²) in [7, 11) is 0. The summed E-state index contributed by atoms with van der Waals surface area (Å²) in [5.74, 6) is -0.0241. The van der Waals surface area contributed by atoms with Gasteiger partial charge >= 0.3 is 0 Å². The van der Waals surface area contributed by atoms with Gasteiger partial charge in [-0.25, -0.2) is 0 Å². The van der Waals surface area contributed by atoms with Gasteiger partial charge in [0.05, 0.1) is 11.3 Å². The van der Waals surface area contributed by atoms with E-state index in [4.69, 9.17) is 11.6 Å². The molecule has 2 aromatic carbocycles. The molecule has 0 fully saturated rings. The van der Waals surface area contributed by atoms with Crippen molar-refractivity contribution in [1.29, 1.82) is 0 Å². The zero-order chi connectivity index (χ0) is 19.1. The van der Waals surface area contributed by atoms with Crippen molar-refractivity contribution in [3.63, 3.8) is 0 Å². The highest BCUT2D eigenvalue weighted by molar-refractivity contribution is 6.30. The molecule has 0 spiro atoms. The summed E-state index contributed by atoms with van der Waals surface area (Å²) in [6.45, 7) is 3.84. The Morgan fingerprint density at radius 1 is 1.04 bits per heavy atom. The number of amides is 1. The van der Waals surface area contributed by atoms with Gasteiger partial charge in [0.2, 0.25) is 0 Å². The number of carbonyl (C=O) groups is 1. The van der Waals surface area contributed by atoms with Crippen LogP contribution in [0.15, 0.2) is 73.1 Å². The van der Waals surface area contributed by atoms with Gasteiger partial charge in [0.1, 0.15) is 0 Å². The van der Waals surface area contributed by atoms with Crippen molar-refractivity contribution in [3.8, 4) is 0 Å². The van der Waals surface area contributed by atoms with Gasteiger partial charge in [0.15, 0.2) is 0 Å². The van der Waals surface area contributed by atoms with Crippen molar-refractivity contribution >= 4 is 23.2 Å². The fourth-order valence-electron chi connectivity index (χ4n) is 2.77. The van der Waals surface area contributed by atoms with Crippen LogP contribution < -0.4 is 5.32 Å². The van der Waals surface area contributed by atoms with E-state index in [0.717, 1.165) is 16.8 Å². The minimum Gasteiger partial charge on any atom is -0.380 e. The van der Waals surface area contributed by atoms with Gasteiger partial charge in [0, 0.05) is 37.1 Å². The van der Waals surface area contributed by atoms with E-state index < -0.39 is 0 Å². The number of rotatable bonds is 7. The van der Waals surface area contributed by atoms with E-state index in [-0.39, 0.29) is 5.91 Å². The molecule has 1 aromatic heterocycles. The Kier molecular flexibility index (Phi) is 6.44. The van der Waals surface area contributed by atoms with Crippen molar-refractivity contribution in [2.45, 2.75) is 20.0 Å². The molecule has 3 aromatic rings. The van der Waals surface area contributed by atoms with Crippen molar-refractivity contribution in [2.75, 3.05) is 11.9 Å². The normalized spacial score (nSPS) is 10.4. The van der Waals surface area contributed by atoms with Crippen molar-refractivity contribution < 1.29 is 4.79 Å². The van der Waals surface area contributed by atoms with Crippen LogP contribution in [0.25, 0.3) is 0 Å². The van der Waals surface area contributed by atoms with Gasteiger partial charge in [-0.2, -0.15) is 0 Å². The Labute approximate surface area is 164 Å². The minimum absolute atomic E-state index is 0.0241. The number of anilines is 1. The summed E-state index contributed by atoms with van der Waals surface area (Å²) in [4.78, 5) is 18.9. The number of carbonyl (C=O) groups excluding carboxylic acids is 1. The van der Waals surface area contributed by atoms with Gasteiger partial charge in [0.25, 0.3) is 5.91 Å². The molecule has 1 N–H and O–H groups in total. The number of hydrogen-bond donors (Lipinski definition) is 1. The zero-order valence-electron chi connectivity index (χ0n) is 15.2. The number of aromatic nitrogens is 1. The van der Waals surface area contributed by atoms with Gasteiger partial charge < -0.3 is 10.2 Å². The van der Waals surface area contributed by atoms with Crippen LogP contribution in [0.4, 0.5) is 5.69 Å². The lowest BCUT2D eigenvalue weighted by atomic mass is 10.1. The lowest BCUT2D eigenvalue weighted by molar-refractivity contribution is 0.0752. The summed E-state index contributed by atoms with van der Waals surface area (Å²) in [5, 5.41) is 4.02. The Balaban J connectivity index is 1.67. The van der Waals surface area contributed by atoms with E-state index >= 15 is 0 Å². The van der Waals surface area contributed by atoms with Crippen molar-refractivity contribution in [1.82, 2.24) is 9.88 Å². The highest BCUT2D eigenvalue weighted by Crippen LogP contribution is 2.15. The molecule has 0 aliphatic carbocycles. The molecule has 4 nitrogen and oxygen atoms in total. The molecule has 0 aliphatic heterocycles. The highest BCUT2D eigenvalue weighted by atomic mass is 35.5. The van der Waals surface area contributed by atoms with Crippen LogP contribution in [0, 0.1) is 0 Å². The maximum atomic E-state index is 12.9. The molecule has 0 unspecified atom stereocenters. The molecule has 5 heteroatoms. The maximum absolute atomic E-state index is 12.9. The SMILES string of the molecule is CCN(Cc1ccccc1)C(=O)c1cncc(NCc2ccc(Cl)cc2)c1. The lowest BCUT2D eigenvalue weighted by Gasteiger charge is -2.21. The van der Waals surface area contributed by atoms with Gasteiger partial charge in [-0.05, 0) is 36.2 Å². The first-order valence-electron chi connectivity index (χ1n) is 8.92. The van der Waals surface area contributed by atoms with Crippen LogP contribution in [0.1, 0.15) is 28.4 Å². The van der Waals surface area contributed by atoms with E-state index in [1.165, 1.54) is 0 Å². The monoisotopic (exact) mass is 379 g/mol. The van der Waals surface area contributed by atoms with Gasteiger partial charge in [-0.3, -0.25) is 9.78 Å². The maximum Gasteiger partial charge on any atom is 0.255 e. The second kappa shape index (κ2) is 9.19. The molecule has 0 saturated heterocycles. The molecule has 27 heavy (non-hydrogen) atoms. The van der Waals surface area contributed by atoms with Crippen LogP contribution in [-0.2, 0) is 13.1 Å². The zero-order valence-corrected chi connectivity index (χ0v) is 16.0. The van der Waals surface area contributed by atoms with E-state index in [2.05, 4.69) is 10.3 Å². The first-order valence-corrected chi connectivity index (χ1v) is 9.30. The summed E-state index contributed by atoms with van der Waals surface area (Å²) in [6, 6.07) is 19.5. The molecule has 0 aliphatic rings. The highest BCUT2D eigenvalue weighted by Gasteiger charge is 2.15. The molecule has 0 bridgehead atoms. The second-order valence-corrected chi connectivity index (χ2v) is 6.68. The molecular weight excluding hydrogens is 358 g/mol. The van der Waals surface area contributed by atoms with Crippen LogP contribution in [-0.4, -0.2) is 22.3 Å². The molecule has 0 atom stereocenters. The van der Waals surface area contributed by atoms with Crippen molar-refractivity contribution in [3.05, 3.63) is 94.8 Å². The smallest absolute Gasteiger partial charge is 0.255 e. The standard InChI is InChI=1S/C22H22ClN3O/c1-2-26(16-18-6-4-3-5-7-18)22(27)19-12-21(15-24-14-19)25-13-17-8-10-20(23)11-9-17/h3-12,14-15,25H,2,13,16H2,1H3. The fraction of sp³-hybridized carbons (Fsp3) is 0.182.